The van der Waals surface area contributed by atoms with E-state index in [1.165, 1.54) is 5.56 Å². The molecular weight excluding hydrogens is 212 g/mol. The molecule has 2 heteroatoms. The molecule has 17 heavy (non-hydrogen) atoms. The maximum Gasteiger partial charge on any atom is 0.0715 e. The van der Waals surface area contributed by atoms with E-state index in [-0.39, 0.29) is 5.56 Å². The number of benzene rings is 2. The summed E-state index contributed by atoms with van der Waals surface area (Å²) in [6, 6.07) is 15.0. The van der Waals surface area contributed by atoms with Crippen molar-refractivity contribution in [2.45, 2.75) is 13.3 Å². The number of hydrogen-bond donors (Lipinski definition) is 0. The van der Waals surface area contributed by atoms with Crippen LogP contribution < -0.4 is 5.11 Å². The number of carboxylic acid groups (broad SMARTS) is 1. The van der Waals surface area contributed by atoms with Crippen molar-refractivity contribution in [3.63, 3.8) is 0 Å². The van der Waals surface area contributed by atoms with Crippen LogP contribution in [0.25, 0.3) is 11.1 Å². The largest absolute Gasteiger partial charge is 0.545 e. The smallest absolute Gasteiger partial charge is 0.0715 e. The van der Waals surface area contributed by atoms with Gasteiger partial charge in [0.25, 0.3) is 0 Å². The summed E-state index contributed by atoms with van der Waals surface area (Å²) in [6.45, 7) is 2.11. The topological polar surface area (TPSA) is 40.1 Å². The third-order valence-electron chi connectivity index (χ3n) is 2.82. The predicted octanol–water partition coefficient (Wildman–Crippen LogP) is 2.28. The second-order valence-corrected chi connectivity index (χ2v) is 3.92. The van der Waals surface area contributed by atoms with Gasteiger partial charge in [0, 0.05) is 0 Å². The van der Waals surface area contributed by atoms with Crippen LogP contribution in [0.5, 0.6) is 0 Å². The van der Waals surface area contributed by atoms with Crippen LogP contribution in [-0.4, -0.2) is 5.97 Å². The van der Waals surface area contributed by atoms with Gasteiger partial charge in [-0.1, -0.05) is 55.5 Å². The third-order valence-corrected chi connectivity index (χ3v) is 2.82. The molecule has 0 aliphatic carbocycles. The van der Waals surface area contributed by atoms with Gasteiger partial charge in [0.1, 0.15) is 0 Å². The number of carbonyl (C=O) groups is 1. The lowest BCUT2D eigenvalue weighted by Crippen LogP contribution is -2.21. The van der Waals surface area contributed by atoms with Gasteiger partial charge in [0.15, 0.2) is 0 Å². The van der Waals surface area contributed by atoms with Gasteiger partial charge in [-0.3, -0.25) is 0 Å². The molecule has 0 radical (unpaired) electrons. The van der Waals surface area contributed by atoms with Crippen LogP contribution in [0.1, 0.15) is 22.8 Å². The minimum Gasteiger partial charge on any atom is -0.545 e. The van der Waals surface area contributed by atoms with Gasteiger partial charge in [-0.05, 0) is 28.7 Å². The molecule has 86 valence electrons. The summed E-state index contributed by atoms with van der Waals surface area (Å²) in [5.41, 5.74) is 3.60. The zero-order valence-corrected chi connectivity index (χ0v) is 9.64. The third kappa shape index (κ3) is 2.53. The van der Waals surface area contributed by atoms with E-state index in [2.05, 4.69) is 19.1 Å². The van der Waals surface area contributed by atoms with Crippen molar-refractivity contribution in [2.75, 3.05) is 0 Å². The molecule has 0 unspecified atom stereocenters. The first-order chi connectivity index (χ1) is 8.20. The summed E-state index contributed by atoms with van der Waals surface area (Å²) < 4.78 is 0. The molecular formula is C15H13O2-. The van der Waals surface area contributed by atoms with E-state index in [4.69, 9.17) is 0 Å². The Balaban J connectivity index is 2.29. The lowest BCUT2D eigenvalue weighted by molar-refractivity contribution is -0.255. The average Bonchev–Trinajstić information content (AvgIpc) is 2.39. The minimum absolute atomic E-state index is 0.207. The highest BCUT2D eigenvalue weighted by Gasteiger charge is 1.98. The van der Waals surface area contributed by atoms with E-state index < -0.39 is 5.97 Å². The summed E-state index contributed by atoms with van der Waals surface area (Å²) in [5.74, 6) is -1.14. The van der Waals surface area contributed by atoms with Crippen molar-refractivity contribution in [2.24, 2.45) is 0 Å². The van der Waals surface area contributed by atoms with Crippen LogP contribution in [-0.2, 0) is 6.42 Å². The SMILES string of the molecule is CCc1ccc(-c2ccc(C(=O)[O-])cc2)cc1. The van der Waals surface area contributed by atoms with Crippen LogP contribution in [0.4, 0.5) is 0 Å². The fraction of sp³-hybridized carbons (Fsp3) is 0.133. The molecule has 0 aliphatic rings. The van der Waals surface area contributed by atoms with Gasteiger partial charge in [0.05, 0.1) is 5.97 Å². The molecule has 0 heterocycles. The molecule has 0 N–H and O–H groups in total. The summed E-state index contributed by atoms with van der Waals surface area (Å²) in [4.78, 5) is 10.6. The highest BCUT2D eigenvalue weighted by Crippen LogP contribution is 2.20. The first-order valence-corrected chi connectivity index (χ1v) is 5.61. The molecule has 0 aliphatic heterocycles. The average molecular weight is 225 g/mol. The molecule has 0 atom stereocenters. The van der Waals surface area contributed by atoms with Gasteiger partial charge >= 0.3 is 0 Å². The van der Waals surface area contributed by atoms with Gasteiger partial charge in [0.2, 0.25) is 0 Å². The Morgan fingerprint density at radius 1 is 0.941 bits per heavy atom. The zero-order chi connectivity index (χ0) is 12.3. The van der Waals surface area contributed by atoms with Gasteiger partial charge < -0.3 is 9.90 Å². The second-order valence-electron chi connectivity index (χ2n) is 3.92. The molecule has 0 spiro atoms. The standard InChI is InChI=1S/C15H14O2/c1-2-11-3-5-12(6-4-11)13-7-9-14(10-8-13)15(16)17/h3-10H,2H2,1H3,(H,16,17)/p-1. The van der Waals surface area contributed by atoms with Crippen LogP contribution in [0, 0.1) is 0 Å². The molecule has 0 aromatic heterocycles. The summed E-state index contributed by atoms with van der Waals surface area (Å²) in [5, 5.41) is 10.6. The van der Waals surface area contributed by atoms with E-state index in [0.29, 0.717) is 0 Å². The first kappa shape index (κ1) is 11.4. The molecule has 2 aromatic carbocycles. The molecule has 2 aromatic rings. The lowest BCUT2D eigenvalue weighted by atomic mass is 10.0. The fourth-order valence-corrected chi connectivity index (χ4v) is 1.73. The Labute approximate surface area is 101 Å². The zero-order valence-electron chi connectivity index (χ0n) is 9.64. The predicted molar refractivity (Wildman–Crippen MR) is 65.6 cm³/mol. The number of aryl methyl sites for hydroxylation is 1. The highest BCUT2D eigenvalue weighted by atomic mass is 16.4. The minimum atomic E-state index is -1.14. The second kappa shape index (κ2) is 4.83. The molecule has 0 saturated heterocycles. The van der Waals surface area contributed by atoms with E-state index in [1.807, 2.05) is 12.1 Å². The molecule has 2 rings (SSSR count). The Morgan fingerprint density at radius 2 is 1.41 bits per heavy atom. The van der Waals surface area contributed by atoms with E-state index in [1.54, 1.807) is 24.3 Å². The van der Waals surface area contributed by atoms with E-state index >= 15 is 0 Å². The quantitative estimate of drug-likeness (QED) is 0.804. The maximum atomic E-state index is 10.6. The lowest BCUT2D eigenvalue weighted by Gasteiger charge is -2.05. The Hall–Kier alpha value is -2.09. The van der Waals surface area contributed by atoms with Gasteiger partial charge in [-0.2, -0.15) is 0 Å². The summed E-state index contributed by atoms with van der Waals surface area (Å²) in [6.07, 6.45) is 1.02. The highest BCUT2D eigenvalue weighted by molar-refractivity contribution is 5.86. The first-order valence-electron chi connectivity index (χ1n) is 5.61. The van der Waals surface area contributed by atoms with Crippen molar-refractivity contribution in [3.05, 3.63) is 59.7 Å². The molecule has 0 amide bonds. The van der Waals surface area contributed by atoms with Crippen LogP contribution in [0.3, 0.4) is 0 Å². The number of rotatable bonds is 3. The van der Waals surface area contributed by atoms with Crippen molar-refractivity contribution < 1.29 is 9.90 Å². The summed E-state index contributed by atoms with van der Waals surface area (Å²) >= 11 is 0. The van der Waals surface area contributed by atoms with Crippen LogP contribution in [0.15, 0.2) is 48.5 Å². The van der Waals surface area contributed by atoms with E-state index in [0.717, 1.165) is 17.5 Å². The van der Waals surface area contributed by atoms with Gasteiger partial charge in [-0.25, -0.2) is 0 Å². The van der Waals surface area contributed by atoms with Crippen LogP contribution in [0.2, 0.25) is 0 Å². The number of carbonyl (C=O) groups excluding carboxylic acids is 1. The van der Waals surface area contributed by atoms with Crippen molar-refractivity contribution in [1.29, 1.82) is 0 Å². The van der Waals surface area contributed by atoms with Crippen molar-refractivity contribution >= 4 is 5.97 Å². The van der Waals surface area contributed by atoms with Crippen LogP contribution >= 0.6 is 0 Å². The maximum absolute atomic E-state index is 10.6. The molecule has 2 nitrogen and oxygen atoms in total. The molecule has 0 bridgehead atoms. The summed E-state index contributed by atoms with van der Waals surface area (Å²) in [7, 11) is 0. The molecule has 0 fully saturated rings. The Morgan fingerprint density at radius 3 is 1.82 bits per heavy atom. The number of carboxylic acids is 1. The van der Waals surface area contributed by atoms with E-state index in [9.17, 15) is 9.90 Å². The fourth-order valence-electron chi connectivity index (χ4n) is 1.73. The van der Waals surface area contributed by atoms with Crippen molar-refractivity contribution in [3.8, 4) is 11.1 Å². The number of aromatic carboxylic acids is 1. The Bertz CT molecular complexity index is 510. The normalized spacial score (nSPS) is 10.2. The Kier molecular flexibility index (Phi) is 3.24. The monoisotopic (exact) mass is 225 g/mol. The number of hydrogen-bond acceptors (Lipinski definition) is 2. The molecule has 0 saturated carbocycles. The van der Waals surface area contributed by atoms with Gasteiger partial charge in [-0.15, -0.1) is 0 Å². The van der Waals surface area contributed by atoms with Crippen molar-refractivity contribution in [1.82, 2.24) is 0 Å².